The first-order valence-corrected chi connectivity index (χ1v) is 10.9. The molecule has 0 saturated heterocycles. The van der Waals surface area contributed by atoms with Crippen molar-refractivity contribution in [3.8, 4) is 0 Å². The Bertz CT molecular complexity index is 162. The van der Waals surface area contributed by atoms with Crippen molar-refractivity contribution in [2.75, 3.05) is 37.1 Å². The van der Waals surface area contributed by atoms with Crippen molar-refractivity contribution in [2.45, 2.75) is 70.6 Å². The molecule has 0 fully saturated rings. The van der Waals surface area contributed by atoms with E-state index in [1.54, 1.807) is 0 Å². The summed E-state index contributed by atoms with van der Waals surface area (Å²) >= 11 is 6.86. The highest BCUT2D eigenvalue weighted by Crippen LogP contribution is 2.08. The second-order valence-corrected chi connectivity index (χ2v) is 7.08. The van der Waals surface area contributed by atoms with Crippen molar-refractivity contribution in [2.24, 2.45) is 0 Å². The molecular weight excluding hydrogens is 396 g/mol. The highest BCUT2D eigenvalue weighted by atomic mass is 79.9. The predicted octanol–water partition coefficient (Wildman–Crippen LogP) is 6.10. The molecule has 0 amide bonds. The van der Waals surface area contributed by atoms with Gasteiger partial charge in [-0.15, -0.1) is 0 Å². The fourth-order valence-corrected chi connectivity index (χ4v) is 2.89. The summed E-state index contributed by atoms with van der Waals surface area (Å²) in [4.78, 5) is 0. The smallest absolute Gasteiger partial charge is 0.0466 e. The SMILES string of the molecule is BrCCCCOCCCCCCCCCOCCCCBr. The van der Waals surface area contributed by atoms with Crippen molar-refractivity contribution >= 4 is 31.9 Å². The van der Waals surface area contributed by atoms with Gasteiger partial charge in [0.15, 0.2) is 0 Å². The van der Waals surface area contributed by atoms with Crippen LogP contribution in [0.1, 0.15) is 70.6 Å². The molecule has 2 nitrogen and oxygen atoms in total. The van der Waals surface area contributed by atoms with Crippen LogP contribution in [0.25, 0.3) is 0 Å². The van der Waals surface area contributed by atoms with Crippen LogP contribution in [0.15, 0.2) is 0 Å². The maximum absolute atomic E-state index is 5.60. The van der Waals surface area contributed by atoms with Crippen LogP contribution in [0.5, 0.6) is 0 Å². The molecule has 0 aromatic heterocycles. The number of alkyl halides is 2. The fourth-order valence-electron chi connectivity index (χ4n) is 2.09. The molecule has 4 heteroatoms. The molecule has 0 bridgehead atoms. The molecule has 0 unspecified atom stereocenters. The van der Waals surface area contributed by atoms with Crippen LogP contribution >= 0.6 is 31.9 Å². The largest absolute Gasteiger partial charge is 0.381 e. The number of unbranched alkanes of at least 4 members (excludes halogenated alkanes) is 8. The van der Waals surface area contributed by atoms with Crippen molar-refractivity contribution in [3.63, 3.8) is 0 Å². The molecule has 0 atom stereocenters. The third-order valence-corrected chi connectivity index (χ3v) is 4.54. The highest BCUT2D eigenvalue weighted by molar-refractivity contribution is 9.09. The molecule has 0 aromatic rings. The molecule has 0 rings (SSSR count). The van der Waals surface area contributed by atoms with Crippen molar-refractivity contribution in [1.29, 1.82) is 0 Å². The maximum Gasteiger partial charge on any atom is 0.0466 e. The lowest BCUT2D eigenvalue weighted by Crippen LogP contribution is -1.98. The Balaban J connectivity index is 2.90. The van der Waals surface area contributed by atoms with Crippen molar-refractivity contribution in [1.82, 2.24) is 0 Å². The summed E-state index contributed by atoms with van der Waals surface area (Å²) in [6.45, 7) is 3.76. The van der Waals surface area contributed by atoms with Gasteiger partial charge in [0.25, 0.3) is 0 Å². The van der Waals surface area contributed by atoms with Gasteiger partial charge in [0.05, 0.1) is 0 Å². The summed E-state index contributed by atoms with van der Waals surface area (Å²) in [7, 11) is 0. The molecule has 0 radical (unpaired) electrons. The second-order valence-electron chi connectivity index (χ2n) is 5.49. The van der Waals surface area contributed by atoms with Gasteiger partial charge in [-0.05, 0) is 38.5 Å². The number of ether oxygens (including phenoxy) is 2. The Kier molecular flexibility index (Phi) is 21.8. The second kappa shape index (κ2) is 20.9. The van der Waals surface area contributed by atoms with Gasteiger partial charge in [0.2, 0.25) is 0 Å². The Hall–Kier alpha value is 0.880. The zero-order valence-corrected chi connectivity index (χ0v) is 16.8. The lowest BCUT2D eigenvalue weighted by molar-refractivity contribution is 0.126. The molecule has 0 spiro atoms. The number of hydrogen-bond donors (Lipinski definition) is 0. The summed E-state index contributed by atoms with van der Waals surface area (Å²) in [5.41, 5.74) is 0. The van der Waals surface area contributed by atoms with Crippen LogP contribution in [-0.2, 0) is 9.47 Å². The molecule has 128 valence electrons. The van der Waals surface area contributed by atoms with E-state index in [1.807, 2.05) is 0 Å². The minimum atomic E-state index is 0.932. The maximum atomic E-state index is 5.60. The third-order valence-electron chi connectivity index (χ3n) is 3.42. The molecular formula is C17H34Br2O2. The van der Waals surface area contributed by atoms with E-state index in [2.05, 4.69) is 31.9 Å². The van der Waals surface area contributed by atoms with Crippen LogP contribution in [0.4, 0.5) is 0 Å². The molecule has 0 heterocycles. The summed E-state index contributed by atoms with van der Waals surface area (Å²) in [6, 6.07) is 0. The van der Waals surface area contributed by atoms with Crippen LogP contribution < -0.4 is 0 Å². The normalized spacial score (nSPS) is 11.1. The van der Waals surface area contributed by atoms with Crippen LogP contribution in [0, 0.1) is 0 Å². The predicted molar refractivity (Wildman–Crippen MR) is 100 cm³/mol. The summed E-state index contributed by atoms with van der Waals surface area (Å²) < 4.78 is 11.2. The molecule has 0 aliphatic heterocycles. The van der Waals surface area contributed by atoms with E-state index in [1.165, 1.54) is 70.6 Å². The van der Waals surface area contributed by atoms with Gasteiger partial charge in [0, 0.05) is 37.1 Å². The van der Waals surface area contributed by atoms with E-state index >= 15 is 0 Å². The zero-order valence-electron chi connectivity index (χ0n) is 13.6. The minimum Gasteiger partial charge on any atom is -0.381 e. The van der Waals surface area contributed by atoms with E-state index in [9.17, 15) is 0 Å². The van der Waals surface area contributed by atoms with Crippen LogP contribution in [-0.4, -0.2) is 37.1 Å². The van der Waals surface area contributed by atoms with Crippen LogP contribution in [0.2, 0.25) is 0 Å². The number of hydrogen-bond acceptors (Lipinski definition) is 2. The molecule has 0 N–H and O–H groups in total. The molecule has 21 heavy (non-hydrogen) atoms. The Morgan fingerprint density at radius 1 is 0.381 bits per heavy atom. The van der Waals surface area contributed by atoms with Gasteiger partial charge < -0.3 is 9.47 Å². The zero-order chi connectivity index (χ0) is 15.4. The quantitative estimate of drug-likeness (QED) is 0.193. The minimum absolute atomic E-state index is 0.932. The van der Waals surface area contributed by atoms with Gasteiger partial charge in [0.1, 0.15) is 0 Å². The first-order chi connectivity index (χ1) is 10.4. The molecule has 0 saturated carbocycles. The lowest BCUT2D eigenvalue weighted by atomic mass is 10.1. The number of rotatable bonds is 18. The van der Waals surface area contributed by atoms with Crippen molar-refractivity contribution < 1.29 is 9.47 Å². The summed E-state index contributed by atoms with van der Waals surface area (Å²) in [5.74, 6) is 0. The standard InChI is InChI=1S/C17H34Br2O2/c18-12-6-10-16-20-14-8-4-2-1-3-5-9-15-21-17-11-7-13-19/h1-17H2. The van der Waals surface area contributed by atoms with Crippen molar-refractivity contribution in [3.05, 3.63) is 0 Å². The average Bonchev–Trinajstić information content (AvgIpc) is 2.50. The molecule has 0 aliphatic carbocycles. The summed E-state index contributed by atoms with van der Waals surface area (Å²) in [5, 5.41) is 2.19. The number of halogens is 2. The third kappa shape index (κ3) is 20.9. The first kappa shape index (κ1) is 21.9. The molecule has 0 aromatic carbocycles. The fraction of sp³-hybridized carbons (Fsp3) is 1.00. The summed E-state index contributed by atoms with van der Waals surface area (Å²) in [6.07, 6.45) is 14.0. The highest BCUT2D eigenvalue weighted by Gasteiger charge is 1.94. The van der Waals surface area contributed by atoms with Gasteiger partial charge in [-0.1, -0.05) is 64.0 Å². The topological polar surface area (TPSA) is 18.5 Å². The Morgan fingerprint density at radius 3 is 1.00 bits per heavy atom. The van der Waals surface area contributed by atoms with E-state index in [0.29, 0.717) is 0 Å². The van der Waals surface area contributed by atoms with Gasteiger partial charge >= 0.3 is 0 Å². The van der Waals surface area contributed by atoms with E-state index in [-0.39, 0.29) is 0 Å². The Morgan fingerprint density at radius 2 is 0.667 bits per heavy atom. The lowest BCUT2D eigenvalue weighted by Gasteiger charge is -2.05. The first-order valence-electron chi connectivity index (χ1n) is 8.69. The van der Waals surface area contributed by atoms with Gasteiger partial charge in [-0.25, -0.2) is 0 Å². The van der Waals surface area contributed by atoms with Gasteiger partial charge in [-0.3, -0.25) is 0 Å². The van der Waals surface area contributed by atoms with Crippen LogP contribution in [0.3, 0.4) is 0 Å². The monoisotopic (exact) mass is 428 g/mol. The van der Waals surface area contributed by atoms with Gasteiger partial charge in [-0.2, -0.15) is 0 Å². The van der Waals surface area contributed by atoms with E-state index < -0.39 is 0 Å². The van der Waals surface area contributed by atoms with E-state index in [4.69, 9.17) is 9.47 Å². The van der Waals surface area contributed by atoms with E-state index in [0.717, 1.165) is 37.1 Å². The molecule has 0 aliphatic rings. The Labute approximate surface area is 149 Å². The average molecular weight is 430 g/mol.